The van der Waals surface area contributed by atoms with Crippen LogP contribution >= 0.6 is 0 Å². The number of amides is 1. The first-order valence-corrected chi connectivity index (χ1v) is 9.69. The molecule has 1 atom stereocenters. The Morgan fingerprint density at radius 2 is 1.64 bits per heavy atom. The smallest absolute Gasteiger partial charge is 0.234 e. The third kappa shape index (κ3) is 4.06. The lowest BCUT2D eigenvalue weighted by Crippen LogP contribution is -2.35. The van der Waals surface area contributed by atoms with Crippen LogP contribution in [0.25, 0.3) is 0 Å². The molecule has 4 heteroatoms. The molecule has 1 fully saturated rings. The normalized spacial score (nSPS) is 16.4. The first kappa shape index (κ1) is 18.2. The fraction of sp³-hybridized carbons (Fsp3) is 0.250. The molecule has 1 aliphatic rings. The standard InChI is InChI=1S/C24H24N2O2/c1-18-12-13-22(25-16-18)28-21-14-15-26(17-21)24(27)23(19-8-4-2-5-9-19)20-10-6-3-7-11-20/h2-13,16,21,23H,14-15,17H2,1H3. The number of nitrogens with zero attached hydrogens (tertiary/aromatic N) is 2. The molecule has 0 N–H and O–H groups in total. The van der Waals surface area contributed by atoms with Crippen molar-refractivity contribution >= 4 is 5.91 Å². The Labute approximate surface area is 165 Å². The third-order valence-electron chi connectivity index (χ3n) is 5.14. The van der Waals surface area contributed by atoms with Crippen LogP contribution in [0.3, 0.4) is 0 Å². The molecule has 1 unspecified atom stereocenters. The summed E-state index contributed by atoms with van der Waals surface area (Å²) in [4.78, 5) is 19.7. The number of hydrogen-bond acceptors (Lipinski definition) is 3. The number of aryl methyl sites for hydroxylation is 1. The van der Waals surface area contributed by atoms with Crippen molar-refractivity contribution in [2.75, 3.05) is 13.1 Å². The average Bonchev–Trinajstić information content (AvgIpc) is 3.20. The minimum atomic E-state index is -0.293. The quantitative estimate of drug-likeness (QED) is 0.674. The summed E-state index contributed by atoms with van der Waals surface area (Å²) >= 11 is 0. The first-order valence-electron chi connectivity index (χ1n) is 9.69. The lowest BCUT2D eigenvalue weighted by molar-refractivity contribution is -0.131. The molecule has 0 bridgehead atoms. The Morgan fingerprint density at radius 3 is 2.21 bits per heavy atom. The maximum Gasteiger partial charge on any atom is 0.234 e. The molecule has 0 spiro atoms. The summed E-state index contributed by atoms with van der Waals surface area (Å²) in [5.74, 6) is 0.451. The second-order valence-electron chi connectivity index (χ2n) is 7.24. The van der Waals surface area contributed by atoms with Gasteiger partial charge in [-0.05, 0) is 23.6 Å². The van der Waals surface area contributed by atoms with E-state index in [0.29, 0.717) is 19.0 Å². The van der Waals surface area contributed by atoms with E-state index in [-0.39, 0.29) is 17.9 Å². The number of rotatable bonds is 5. The Bertz CT molecular complexity index is 871. The van der Waals surface area contributed by atoms with E-state index in [9.17, 15) is 4.79 Å². The Morgan fingerprint density at radius 1 is 1.00 bits per heavy atom. The van der Waals surface area contributed by atoms with Crippen LogP contribution in [0, 0.1) is 6.92 Å². The summed E-state index contributed by atoms with van der Waals surface area (Å²) < 4.78 is 6.00. The zero-order valence-corrected chi connectivity index (χ0v) is 16.0. The van der Waals surface area contributed by atoms with Crippen molar-refractivity contribution in [1.82, 2.24) is 9.88 Å². The summed E-state index contributed by atoms with van der Waals surface area (Å²) in [6.07, 6.45) is 2.59. The minimum Gasteiger partial charge on any atom is -0.472 e. The number of benzene rings is 2. The van der Waals surface area contributed by atoms with E-state index in [1.165, 1.54) is 0 Å². The van der Waals surface area contributed by atoms with Crippen LogP contribution in [0.5, 0.6) is 5.88 Å². The summed E-state index contributed by atoms with van der Waals surface area (Å²) in [6, 6.07) is 23.9. The van der Waals surface area contributed by atoms with E-state index in [2.05, 4.69) is 4.98 Å². The van der Waals surface area contributed by atoms with E-state index < -0.39 is 0 Å². The lowest BCUT2D eigenvalue weighted by atomic mass is 9.90. The highest BCUT2D eigenvalue weighted by Crippen LogP contribution is 2.29. The molecule has 0 saturated carbocycles. The van der Waals surface area contributed by atoms with Crippen LogP contribution in [0.15, 0.2) is 79.0 Å². The molecular weight excluding hydrogens is 348 g/mol. The van der Waals surface area contributed by atoms with Gasteiger partial charge >= 0.3 is 0 Å². The molecule has 1 amide bonds. The molecule has 2 heterocycles. The Hall–Kier alpha value is -3.14. The SMILES string of the molecule is Cc1ccc(OC2CCN(C(=O)C(c3ccccc3)c3ccccc3)C2)nc1. The number of pyridine rings is 1. The second-order valence-corrected chi connectivity index (χ2v) is 7.24. The van der Waals surface area contributed by atoms with Gasteiger partial charge in [0.25, 0.3) is 0 Å². The molecule has 28 heavy (non-hydrogen) atoms. The predicted octanol–water partition coefficient (Wildman–Crippen LogP) is 4.20. The number of carbonyl (C=O) groups excluding carboxylic acids is 1. The van der Waals surface area contributed by atoms with E-state index in [0.717, 1.165) is 23.1 Å². The third-order valence-corrected chi connectivity index (χ3v) is 5.14. The molecule has 0 aliphatic carbocycles. The van der Waals surface area contributed by atoms with Gasteiger partial charge in [-0.2, -0.15) is 0 Å². The van der Waals surface area contributed by atoms with Gasteiger partial charge in [0.15, 0.2) is 0 Å². The maximum atomic E-state index is 13.4. The van der Waals surface area contributed by atoms with Crippen molar-refractivity contribution in [3.8, 4) is 5.88 Å². The van der Waals surface area contributed by atoms with Crippen LogP contribution in [0.2, 0.25) is 0 Å². The highest BCUT2D eigenvalue weighted by atomic mass is 16.5. The molecular formula is C24H24N2O2. The molecule has 4 rings (SSSR count). The van der Waals surface area contributed by atoms with Crippen molar-refractivity contribution in [1.29, 1.82) is 0 Å². The van der Waals surface area contributed by atoms with Gasteiger partial charge < -0.3 is 9.64 Å². The fourth-order valence-corrected chi connectivity index (χ4v) is 3.67. The van der Waals surface area contributed by atoms with E-state index in [1.807, 2.05) is 84.6 Å². The highest BCUT2D eigenvalue weighted by molar-refractivity contribution is 5.87. The second kappa shape index (κ2) is 8.26. The monoisotopic (exact) mass is 372 g/mol. The van der Waals surface area contributed by atoms with Gasteiger partial charge in [0, 0.05) is 25.2 Å². The molecule has 1 aliphatic heterocycles. The van der Waals surface area contributed by atoms with Gasteiger partial charge in [-0.25, -0.2) is 4.98 Å². The molecule has 1 aromatic heterocycles. The summed E-state index contributed by atoms with van der Waals surface area (Å²) in [6.45, 7) is 3.29. The van der Waals surface area contributed by atoms with Crippen molar-refractivity contribution in [2.45, 2.75) is 25.4 Å². The van der Waals surface area contributed by atoms with Crippen LogP contribution in [0.1, 0.15) is 29.0 Å². The van der Waals surface area contributed by atoms with Crippen molar-refractivity contribution < 1.29 is 9.53 Å². The predicted molar refractivity (Wildman–Crippen MR) is 109 cm³/mol. The molecule has 3 aromatic rings. The zero-order valence-electron chi connectivity index (χ0n) is 16.0. The summed E-state index contributed by atoms with van der Waals surface area (Å²) in [5.41, 5.74) is 3.13. The molecule has 1 saturated heterocycles. The van der Waals surface area contributed by atoms with Crippen LogP contribution < -0.4 is 4.74 Å². The van der Waals surface area contributed by atoms with Crippen molar-refractivity contribution in [3.63, 3.8) is 0 Å². The fourth-order valence-electron chi connectivity index (χ4n) is 3.67. The topological polar surface area (TPSA) is 42.4 Å². The number of carbonyl (C=O) groups is 1. The minimum absolute atomic E-state index is 0.0219. The number of ether oxygens (including phenoxy) is 1. The van der Waals surface area contributed by atoms with Crippen LogP contribution in [-0.2, 0) is 4.79 Å². The van der Waals surface area contributed by atoms with Crippen LogP contribution in [0.4, 0.5) is 0 Å². The Kier molecular flexibility index (Phi) is 5.38. The van der Waals surface area contributed by atoms with E-state index in [1.54, 1.807) is 6.20 Å². The molecule has 0 radical (unpaired) electrons. The Balaban J connectivity index is 1.51. The first-order chi connectivity index (χ1) is 13.7. The average molecular weight is 372 g/mol. The van der Waals surface area contributed by atoms with Gasteiger partial charge in [0.1, 0.15) is 6.10 Å². The van der Waals surface area contributed by atoms with Gasteiger partial charge in [-0.1, -0.05) is 66.7 Å². The molecule has 4 nitrogen and oxygen atoms in total. The number of hydrogen-bond donors (Lipinski definition) is 0. The summed E-state index contributed by atoms with van der Waals surface area (Å²) in [5, 5.41) is 0. The summed E-state index contributed by atoms with van der Waals surface area (Å²) in [7, 11) is 0. The lowest BCUT2D eigenvalue weighted by Gasteiger charge is -2.24. The molecule has 2 aromatic carbocycles. The van der Waals surface area contributed by atoms with Gasteiger partial charge in [-0.15, -0.1) is 0 Å². The zero-order chi connectivity index (χ0) is 19.3. The van der Waals surface area contributed by atoms with Gasteiger partial charge in [0.05, 0.1) is 12.5 Å². The van der Waals surface area contributed by atoms with Crippen LogP contribution in [-0.4, -0.2) is 35.0 Å². The van der Waals surface area contributed by atoms with E-state index >= 15 is 0 Å². The number of likely N-dealkylation sites (tertiary alicyclic amines) is 1. The highest BCUT2D eigenvalue weighted by Gasteiger charge is 2.33. The van der Waals surface area contributed by atoms with Crippen molar-refractivity contribution in [3.05, 3.63) is 95.7 Å². The maximum absolute atomic E-state index is 13.4. The van der Waals surface area contributed by atoms with Crippen molar-refractivity contribution in [2.24, 2.45) is 0 Å². The van der Waals surface area contributed by atoms with E-state index in [4.69, 9.17) is 4.74 Å². The van der Waals surface area contributed by atoms with Gasteiger partial charge in [-0.3, -0.25) is 4.79 Å². The van der Waals surface area contributed by atoms with Gasteiger partial charge in [0.2, 0.25) is 11.8 Å². The molecule has 142 valence electrons. The largest absolute Gasteiger partial charge is 0.472 e. The number of aromatic nitrogens is 1.